The smallest absolute Gasteiger partial charge is 0.256 e. The highest BCUT2D eigenvalue weighted by Gasteiger charge is 2.39. The molecule has 2 aromatic carbocycles. The summed E-state index contributed by atoms with van der Waals surface area (Å²) in [6.07, 6.45) is 0. The number of rotatable bonds is 3. The summed E-state index contributed by atoms with van der Waals surface area (Å²) >= 11 is 13.4. The van der Waals surface area contributed by atoms with Gasteiger partial charge >= 0.3 is 0 Å². The zero-order valence-electron chi connectivity index (χ0n) is 12.8. The zero-order chi connectivity index (χ0) is 17.1. The van der Waals surface area contributed by atoms with Crippen molar-refractivity contribution in [3.8, 4) is 0 Å². The lowest BCUT2D eigenvalue weighted by Gasteiger charge is -2.15. The third kappa shape index (κ3) is 3.97. The van der Waals surface area contributed by atoms with Crippen LogP contribution in [-0.4, -0.2) is 19.1 Å². The largest absolute Gasteiger partial charge is 0.341 e. The molecule has 122 valence electrons. The van der Waals surface area contributed by atoms with Crippen molar-refractivity contribution >= 4 is 73.9 Å². The standard InChI is InChI=1S/C17H14N2OS4/c1-11-7-9-12(10-8-11)18-16(21)23-15-14(20)19(17(22)24-15)13-5-3-2-4-6-13/h2-10,15H,1H3,(H,18,21). The van der Waals surface area contributed by atoms with E-state index in [0.29, 0.717) is 8.64 Å². The predicted molar refractivity (Wildman–Crippen MR) is 113 cm³/mol. The quantitative estimate of drug-likeness (QED) is 0.757. The van der Waals surface area contributed by atoms with Gasteiger partial charge in [0.2, 0.25) is 0 Å². The molecule has 1 N–H and O–H groups in total. The molecule has 0 bridgehead atoms. The summed E-state index contributed by atoms with van der Waals surface area (Å²) in [5.41, 5.74) is 2.89. The number of aryl methyl sites for hydroxylation is 1. The molecule has 1 amide bonds. The molecule has 3 nitrogen and oxygen atoms in total. The van der Waals surface area contributed by atoms with Crippen LogP contribution in [0.15, 0.2) is 54.6 Å². The molecule has 0 saturated carbocycles. The topological polar surface area (TPSA) is 32.3 Å². The minimum Gasteiger partial charge on any atom is -0.341 e. The first kappa shape index (κ1) is 17.4. The molecule has 0 aliphatic carbocycles. The normalized spacial score (nSPS) is 17.2. The Morgan fingerprint density at radius 3 is 2.50 bits per heavy atom. The van der Waals surface area contributed by atoms with Crippen molar-refractivity contribution in [1.82, 2.24) is 0 Å². The molecule has 24 heavy (non-hydrogen) atoms. The second-order valence-electron chi connectivity index (χ2n) is 5.12. The maximum absolute atomic E-state index is 12.7. The van der Waals surface area contributed by atoms with E-state index in [1.165, 1.54) is 29.1 Å². The fourth-order valence-corrected chi connectivity index (χ4v) is 5.43. The molecule has 1 unspecified atom stereocenters. The number of hydrogen-bond donors (Lipinski definition) is 1. The molecular weight excluding hydrogens is 376 g/mol. The third-order valence-corrected chi connectivity index (χ3v) is 6.31. The van der Waals surface area contributed by atoms with E-state index >= 15 is 0 Å². The molecular formula is C17H14N2OS4. The lowest BCUT2D eigenvalue weighted by atomic mass is 10.2. The Morgan fingerprint density at radius 2 is 1.83 bits per heavy atom. The van der Waals surface area contributed by atoms with Crippen LogP contribution in [0.1, 0.15) is 5.56 Å². The summed E-state index contributed by atoms with van der Waals surface area (Å²) in [5.74, 6) is -0.0470. The van der Waals surface area contributed by atoms with Gasteiger partial charge in [-0.25, -0.2) is 0 Å². The Hall–Kier alpha value is -1.41. The van der Waals surface area contributed by atoms with Gasteiger partial charge in [-0.15, -0.1) is 0 Å². The average molecular weight is 391 g/mol. The van der Waals surface area contributed by atoms with Crippen LogP contribution in [-0.2, 0) is 4.79 Å². The summed E-state index contributed by atoms with van der Waals surface area (Å²) in [5, 5.41) is 3.15. The van der Waals surface area contributed by atoms with Gasteiger partial charge in [-0.1, -0.05) is 83.9 Å². The van der Waals surface area contributed by atoms with E-state index in [9.17, 15) is 4.79 Å². The number of thiocarbonyl (C=S) groups is 2. The van der Waals surface area contributed by atoms with Crippen LogP contribution in [0.4, 0.5) is 11.4 Å². The van der Waals surface area contributed by atoms with Gasteiger partial charge in [-0.2, -0.15) is 0 Å². The minimum atomic E-state index is -0.358. The molecule has 1 aliphatic rings. The fourth-order valence-electron chi connectivity index (χ4n) is 2.16. The number of carbonyl (C=O) groups is 1. The Balaban J connectivity index is 1.65. The van der Waals surface area contributed by atoms with Gasteiger partial charge in [-0.3, -0.25) is 9.69 Å². The van der Waals surface area contributed by atoms with Crippen LogP contribution < -0.4 is 10.2 Å². The number of thioether (sulfide) groups is 2. The summed E-state index contributed by atoms with van der Waals surface area (Å²) in [6, 6.07) is 17.4. The van der Waals surface area contributed by atoms with Crippen LogP contribution in [0.25, 0.3) is 0 Å². The van der Waals surface area contributed by atoms with E-state index in [-0.39, 0.29) is 10.5 Å². The average Bonchev–Trinajstić information content (AvgIpc) is 2.84. The number of nitrogens with zero attached hydrogens (tertiary/aromatic N) is 1. The molecule has 0 aromatic heterocycles. The van der Waals surface area contributed by atoms with E-state index in [2.05, 4.69) is 5.32 Å². The van der Waals surface area contributed by atoms with Crippen molar-refractivity contribution in [3.63, 3.8) is 0 Å². The van der Waals surface area contributed by atoms with Crippen LogP contribution in [0.5, 0.6) is 0 Å². The number of benzene rings is 2. The van der Waals surface area contributed by atoms with Gasteiger partial charge in [0.25, 0.3) is 5.91 Å². The molecule has 1 fully saturated rings. The second kappa shape index (κ2) is 7.65. The lowest BCUT2D eigenvalue weighted by molar-refractivity contribution is -0.115. The minimum absolute atomic E-state index is 0.0470. The van der Waals surface area contributed by atoms with Crippen molar-refractivity contribution in [2.45, 2.75) is 11.5 Å². The first-order chi connectivity index (χ1) is 11.5. The van der Waals surface area contributed by atoms with Crippen molar-refractivity contribution in [1.29, 1.82) is 0 Å². The van der Waals surface area contributed by atoms with Crippen LogP contribution in [0.2, 0.25) is 0 Å². The molecule has 0 radical (unpaired) electrons. The molecule has 1 atom stereocenters. The maximum atomic E-state index is 12.7. The van der Waals surface area contributed by atoms with Crippen LogP contribution >= 0.6 is 48.0 Å². The van der Waals surface area contributed by atoms with E-state index in [4.69, 9.17) is 24.4 Å². The number of anilines is 2. The Labute approximate surface area is 160 Å². The molecule has 1 saturated heterocycles. The van der Waals surface area contributed by atoms with Crippen molar-refractivity contribution < 1.29 is 4.79 Å². The maximum Gasteiger partial charge on any atom is 0.256 e. The number of amides is 1. The van der Waals surface area contributed by atoms with E-state index in [1.807, 2.05) is 61.5 Å². The van der Waals surface area contributed by atoms with Crippen LogP contribution in [0.3, 0.4) is 0 Å². The zero-order valence-corrected chi connectivity index (χ0v) is 16.0. The number of hydrogen-bond acceptors (Lipinski definition) is 5. The molecule has 1 heterocycles. The molecule has 0 spiro atoms. The van der Waals surface area contributed by atoms with Crippen molar-refractivity contribution in [3.05, 3.63) is 60.2 Å². The molecule has 7 heteroatoms. The first-order valence-electron chi connectivity index (χ1n) is 7.18. The van der Waals surface area contributed by atoms with Crippen molar-refractivity contribution in [2.75, 3.05) is 10.2 Å². The van der Waals surface area contributed by atoms with E-state index in [1.54, 1.807) is 4.90 Å². The van der Waals surface area contributed by atoms with Gasteiger partial charge in [0.05, 0.1) is 5.69 Å². The molecule has 1 aliphatic heterocycles. The highest BCUT2D eigenvalue weighted by Crippen LogP contribution is 2.38. The number of nitrogens with one attached hydrogen (secondary N) is 1. The lowest BCUT2D eigenvalue weighted by Crippen LogP contribution is -2.30. The van der Waals surface area contributed by atoms with Gasteiger partial charge in [0, 0.05) is 5.69 Å². The molecule has 2 aromatic rings. The highest BCUT2D eigenvalue weighted by atomic mass is 32.2. The Morgan fingerprint density at radius 1 is 1.17 bits per heavy atom. The van der Waals surface area contributed by atoms with Gasteiger partial charge < -0.3 is 5.32 Å². The summed E-state index contributed by atoms with van der Waals surface area (Å²) in [7, 11) is 0. The van der Waals surface area contributed by atoms with Gasteiger partial charge in [-0.05, 0) is 31.2 Å². The van der Waals surface area contributed by atoms with E-state index in [0.717, 1.165) is 11.4 Å². The third-order valence-electron chi connectivity index (χ3n) is 3.34. The fraction of sp³-hybridized carbons (Fsp3) is 0.118. The molecule has 3 rings (SSSR count). The SMILES string of the molecule is Cc1ccc(NC(=S)SC2SC(=S)N(c3ccccc3)C2=O)cc1. The Kier molecular flexibility index (Phi) is 5.55. The number of para-hydroxylation sites is 1. The highest BCUT2D eigenvalue weighted by molar-refractivity contribution is 8.38. The van der Waals surface area contributed by atoms with E-state index < -0.39 is 0 Å². The monoisotopic (exact) mass is 390 g/mol. The van der Waals surface area contributed by atoms with Gasteiger partial charge in [0.15, 0.2) is 0 Å². The predicted octanol–water partition coefficient (Wildman–Crippen LogP) is 4.82. The summed E-state index contributed by atoms with van der Waals surface area (Å²) in [6.45, 7) is 2.03. The summed E-state index contributed by atoms with van der Waals surface area (Å²) in [4.78, 5) is 14.2. The first-order valence-corrected chi connectivity index (χ1v) is 9.76. The number of carbonyl (C=O) groups excluding carboxylic acids is 1. The van der Waals surface area contributed by atoms with Crippen molar-refractivity contribution in [2.24, 2.45) is 0 Å². The summed E-state index contributed by atoms with van der Waals surface area (Å²) < 4.78 is 0.757. The van der Waals surface area contributed by atoms with Crippen LogP contribution in [0, 0.1) is 6.92 Å². The Bertz CT molecular complexity index is 777. The van der Waals surface area contributed by atoms with Gasteiger partial charge in [0.1, 0.15) is 13.2 Å². The second-order valence-corrected chi connectivity index (χ2v) is 8.94.